The Labute approximate surface area is 112 Å². The summed E-state index contributed by atoms with van der Waals surface area (Å²) < 4.78 is 0. The van der Waals surface area contributed by atoms with Crippen LogP contribution in [0.25, 0.3) is 0 Å². The summed E-state index contributed by atoms with van der Waals surface area (Å²) in [5.74, 6) is -1.61. The highest BCUT2D eigenvalue weighted by atomic mass is 16.4. The summed E-state index contributed by atoms with van der Waals surface area (Å²) >= 11 is 0. The minimum absolute atomic E-state index is 0.000127. The van der Waals surface area contributed by atoms with Gasteiger partial charge in [0.05, 0.1) is 0 Å². The third-order valence-corrected chi connectivity index (χ3v) is 3.28. The van der Waals surface area contributed by atoms with Gasteiger partial charge in [0.1, 0.15) is 6.04 Å². The Hall–Kier alpha value is -1.79. The highest BCUT2D eigenvalue weighted by molar-refractivity contribution is 5.84. The van der Waals surface area contributed by atoms with Crippen molar-refractivity contribution in [3.05, 3.63) is 0 Å². The Morgan fingerprint density at radius 2 is 2.00 bits per heavy atom. The maximum atomic E-state index is 12.1. The van der Waals surface area contributed by atoms with Crippen LogP contribution in [0.4, 0.5) is 4.79 Å². The molecule has 0 spiro atoms. The maximum absolute atomic E-state index is 12.1. The van der Waals surface area contributed by atoms with Crippen LogP contribution in [0.1, 0.15) is 33.6 Å². The molecule has 1 heterocycles. The van der Waals surface area contributed by atoms with Gasteiger partial charge < -0.3 is 21.1 Å². The minimum atomic E-state index is -1.01. The molecule has 7 heteroatoms. The average Bonchev–Trinajstić information content (AvgIpc) is 2.56. The molecular weight excluding hydrogens is 250 g/mol. The van der Waals surface area contributed by atoms with Crippen LogP contribution in [0.15, 0.2) is 0 Å². The van der Waals surface area contributed by atoms with Gasteiger partial charge in [0.15, 0.2) is 0 Å². The third kappa shape index (κ3) is 3.84. The summed E-state index contributed by atoms with van der Waals surface area (Å²) in [6.45, 7) is 5.55. The number of carbonyl (C=O) groups is 3. The normalized spacial score (nSPS) is 23.2. The Morgan fingerprint density at radius 1 is 1.42 bits per heavy atom. The van der Waals surface area contributed by atoms with Crippen LogP contribution >= 0.6 is 0 Å². The molecule has 0 aromatic rings. The number of nitrogens with one attached hydrogen (secondary N) is 1. The van der Waals surface area contributed by atoms with Gasteiger partial charge in [-0.1, -0.05) is 6.92 Å². The van der Waals surface area contributed by atoms with Gasteiger partial charge in [-0.2, -0.15) is 0 Å². The van der Waals surface area contributed by atoms with E-state index in [2.05, 4.69) is 5.32 Å². The van der Waals surface area contributed by atoms with E-state index in [0.717, 1.165) is 0 Å². The van der Waals surface area contributed by atoms with E-state index in [1.165, 1.54) is 4.90 Å². The van der Waals surface area contributed by atoms with Gasteiger partial charge in [-0.15, -0.1) is 0 Å². The number of amides is 3. The quantitative estimate of drug-likeness (QED) is 0.675. The Kier molecular flexibility index (Phi) is 4.39. The molecule has 1 aliphatic heterocycles. The fraction of sp³-hybridized carbons (Fsp3) is 0.750. The van der Waals surface area contributed by atoms with Crippen LogP contribution in [0.5, 0.6) is 0 Å². The first-order chi connectivity index (χ1) is 8.64. The number of likely N-dealkylation sites (tertiary alicyclic amines) is 1. The van der Waals surface area contributed by atoms with E-state index in [1.807, 2.05) is 0 Å². The molecule has 1 saturated heterocycles. The molecule has 0 radical (unpaired) electrons. The fourth-order valence-electron chi connectivity index (χ4n) is 2.39. The summed E-state index contributed by atoms with van der Waals surface area (Å²) in [5.41, 5.74) is 4.31. The Bertz CT molecular complexity index is 394. The predicted octanol–water partition coefficient (Wildman–Crippen LogP) is 0.145. The van der Waals surface area contributed by atoms with Gasteiger partial charge >= 0.3 is 12.0 Å². The molecule has 2 unspecified atom stereocenters. The number of nitrogens with zero attached hydrogens (tertiary/aromatic N) is 1. The van der Waals surface area contributed by atoms with Crippen LogP contribution < -0.4 is 11.1 Å². The van der Waals surface area contributed by atoms with Crippen molar-refractivity contribution in [2.75, 3.05) is 6.54 Å². The number of primary amides is 1. The van der Waals surface area contributed by atoms with Crippen molar-refractivity contribution in [3.63, 3.8) is 0 Å². The lowest BCUT2D eigenvalue weighted by molar-refractivity contribution is -0.142. The molecule has 3 amide bonds. The number of carboxylic acids is 1. The van der Waals surface area contributed by atoms with E-state index in [-0.39, 0.29) is 12.3 Å². The van der Waals surface area contributed by atoms with Crippen molar-refractivity contribution >= 4 is 17.9 Å². The molecule has 0 aromatic carbocycles. The molecule has 0 saturated carbocycles. The van der Waals surface area contributed by atoms with Crippen molar-refractivity contribution in [2.45, 2.75) is 45.2 Å². The van der Waals surface area contributed by atoms with E-state index in [1.54, 1.807) is 20.8 Å². The summed E-state index contributed by atoms with van der Waals surface area (Å²) in [6, 6.07) is -1.28. The number of carbonyl (C=O) groups excluding carboxylic acids is 2. The van der Waals surface area contributed by atoms with Gasteiger partial charge in [-0.25, -0.2) is 9.59 Å². The third-order valence-electron chi connectivity index (χ3n) is 3.28. The first-order valence-corrected chi connectivity index (χ1v) is 6.24. The van der Waals surface area contributed by atoms with E-state index < -0.39 is 29.5 Å². The summed E-state index contributed by atoms with van der Waals surface area (Å²) in [5, 5.41) is 11.8. The Morgan fingerprint density at radius 3 is 2.47 bits per heavy atom. The molecule has 1 fully saturated rings. The van der Waals surface area contributed by atoms with E-state index in [4.69, 9.17) is 10.8 Å². The number of hydrogen-bond acceptors (Lipinski definition) is 3. The van der Waals surface area contributed by atoms with Crippen LogP contribution in [-0.4, -0.2) is 46.0 Å². The van der Waals surface area contributed by atoms with Crippen molar-refractivity contribution in [3.8, 4) is 0 Å². The fourth-order valence-corrected chi connectivity index (χ4v) is 2.39. The number of hydrogen-bond donors (Lipinski definition) is 3. The topological polar surface area (TPSA) is 113 Å². The lowest BCUT2D eigenvalue weighted by Crippen LogP contribution is -2.54. The molecule has 2 atom stereocenters. The highest BCUT2D eigenvalue weighted by Crippen LogP contribution is 2.24. The SMILES string of the molecule is CC1CCN(C(=O)NC(C)(C)CC(N)=O)C1C(=O)O. The molecule has 19 heavy (non-hydrogen) atoms. The lowest BCUT2D eigenvalue weighted by atomic mass is 10.0. The minimum Gasteiger partial charge on any atom is -0.480 e. The molecule has 1 aliphatic rings. The molecule has 1 rings (SSSR count). The van der Waals surface area contributed by atoms with Crippen molar-refractivity contribution < 1.29 is 19.5 Å². The zero-order valence-electron chi connectivity index (χ0n) is 11.5. The van der Waals surface area contributed by atoms with Crippen molar-refractivity contribution in [1.29, 1.82) is 0 Å². The smallest absolute Gasteiger partial charge is 0.326 e. The summed E-state index contributed by atoms with van der Waals surface area (Å²) in [4.78, 5) is 35.5. The molecule has 7 nitrogen and oxygen atoms in total. The molecule has 0 bridgehead atoms. The van der Waals surface area contributed by atoms with Gasteiger partial charge in [0.25, 0.3) is 0 Å². The van der Waals surface area contributed by atoms with Crippen LogP contribution in [0, 0.1) is 5.92 Å². The number of urea groups is 1. The zero-order chi connectivity index (χ0) is 14.8. The molecule has 0 aliphatic carbocycles. The van der Waals surface area contributed by atoms with Crippen LogP contribution in [0.3, 0.4) is 0 Å². The highest BCUT2D eigenvalue weighted by Gasteiger charge is 2.40. The van der Waals surface area contributed by atoms with E-state index in [0.29, 0.717) is 13.0 Å². The molecule has 0 aromatic heterocycles. The van der Waals surface area contributed by atoms with E-state index in [9.17, 15) is 14.4 Å². The Balaban J connectivity index is 2.73. The summed E-state index contributed by atoms with van der Waals surface area (Å²) in [6.07, 6.45) is 0.653. The second kappa shape index (κ2) is 5.46. The van der Waals surface area contributed by atoms with Gasteiger partial charge in [0, 0.05) is 18.5 Å². The molecule has 4 N–H and O–H groups in total. The summed E-state index contributed by atoms with van der Waals surface area (Å²) in [7, 11) is 0. The molecular formula is C12H21N3O4. The number of carboxylic acid groups (broad SMARTS) is 1. The standard InChI is InChI=1S/C12H21N3O4/c1-7-4-5-15(9(7)10(17)18)11(19)14-12(2,3)6-8(13)16/h7,9H,4-6H2,1-3H3,(H2,13,16)(H,14,19)(H,17,18). The number of nitrogens with two attached hydrogens (primary N) is 1. The van der Waals surface area contributed by atoms with Gasteiger partial charge in [-0.3, -0.25) is 4.79 Å². The van der Waals surface area contributed by atoms with E-state index >= 15 is 0 Å². The van der Waals surface area contributed by atoms with Crippen molar-refractivity contribution in [1.82, 2.24) is 10.2 Å². The monoisotopic (exact) mass is 271 g/mol. The largest absolute Gasteiger partial charge is 0.480 e. The second-order valence-corrected chi connectivity index (χ2v) is 5.70. The van der Waals surface area contributed by atoms with Crippen LogP contribution in [0.2, 0.25) is 0 Å². The predicted molar refractivity (Wildman–Crippen MR) is 68.3 cm³/mol. The first-order valence-electron chi connectivity index (χ1n) is 6.24. The van der Waals surface area contributed by atoms with Gasteiger partial charge in [0.2, 0.25) is 5.91 Å². The lowest BCUT2D eigenvalue weighted by Gasteiger charge is -2.30. The zero-order valence-corrected chi connectivity index (χ0v) is 11.5. The second-order valence-electron chi connectivity index (χ2n) is 5.70. The number of rotatable bonds is 4. The van der Waals surface area contributed by atoms with Gasteiger partial charge in [-0.05, 0) is 26.2 Å². The van der Waals surface area contributed by atoms with Crippen molar-refractivity contribution in [2.24, 2.45) is 11.7 Å². The van der Waals surface area contributed by atoms with Crippen LogP contribution in [-0.2, 0) is 9.59 Å². The average molecular weight is 271 g/mol. The first kappa shape index (κ1) is 15.3. The number of aliphatic carboxylic acids is 1. The maximum Gasteiger partial charge on any atom is 0.326 e. The molecule has 108 valence electrons.